The summed E-state index contributed by atoms with van der Waals surface area (Å²) in [5, 5.41) is 23.1. The molecular weight excluding hydrogens is 463 g/mol. The van der Waals surface area contributed by atoms with Crippen LogP contribution in [0.15, 0.2) is 48.5 Å². The largest absolute Gasteiger partial charge is 0.573 e. The molecule has 2 N–H and O–H groups in total. The van der Waals surface area contributed by atoms with Gasteiger partial charge in [-0.1, -0.05) is 12.1 Å². The molecule has 1 aliphatic rings. The van der Waals surface area contributed by atoms with Gasteiger partial charge >= 0.3 is 6.36 Å². The third-order valence-corrected chi connectivity index (χ3v) is 6.02. The fraction of sp³-hybridized carbons (Fsp3) is 0.360. The van der Waals surface area contributed by atoms with Gasteiger partial charge in [-0.2, -0.15) is 5.26 Å². The summed E-state index contributed by atoms with van der Waals surface area (Å²) in [6.45, 7) is 1.30. The van der Waals surface area contributed by atoms with Gasteiger partial charge in [0.2, 0.25) is 0 Å². The number of carbonyl (C=O) groups is 1. The molecule has 35 heavy (non-hydrogen) atoms. The van der Waals surface area contributed by atoms with Crippen molar-refractivity contribution in [1.82, 2.24) is 9.88 Å². The van der Waals surface area contributed by atoms with Gasteiger partial charge in [-0.15, -0.1) is 13.2 Å². The Balaban J connectivity index is 1.60. The molecule has 2 heterocycles. The first kappa shape index (κ1) is 24.6. The molecule has 1 unspecified atom stereocenters. The van der Waals surface area contributed by atoms with Crippen LogP contribution in [0.2, 0.25) is 0 Å². The number of aliphatic hydroxyl groups excluding tert-OH is 1. The number of alkyl halides is 3. The molecule has 0 saturated carbocycles. The highest BCUT2D eigenvalue weighted by Gasteiger charge is 2.31. The molecule has 3 aromatic rings. The van der Waals surface area contributed by atoms with E-state index in [1.807, 2.05) is 0 Å². The lowest BCUT2D eigenvalue weighted by Crippen LogP contribution is -2.39. The maximum atomic E-state index is 13.1. The standard InChI is InChI=1S/C25H24F3N3O4/c26-25(27,28)35-20-3-1-2-17(11-20)15-31-21-5-4-16(13-29)10-19(21)12-22(31)24(33)30-14-23(32)18-6-8-34-9-7-18/h1-5,10-12,18,23,32H,6-9,14-15H2,(H,30,33). The summed E-state index contributed by atoms with van der Waals surface area (Å²) in [7, 11) is 0. The molecule has 2 aromatic carbocycles. The molecule has 10 heteroatoms. The normalized spacial score (nSPS) is 15.5. The number of nitrogens with zero attached hydrogens (tertiary/aromatic N) is 2. The predicted octanol–water partition coefficient (Wildman–Crippen LogP) is 3.98. The maximum absolute atomic E-state index is 13.1. The van der Waals surface area contributed by atoms with Crippen LogP contribution in [0.1, 0.15) is 34.5 Å². The van der Waals surface area contributed by atoms with Crippen LogP contribution in [0.4, 0.5) is 13.2 Å². The van der Waals surface area contributed by atoms with Crippen LogP contribution in [-0.4, -0.2) is 47.8 Å². The monoisotopic (exact) mass is 487 g/mol. The molecule has 1 fully saturated rings. The van der Waals surface area contributed by atoms with Crippen molar-refractivity contribution in [2.24, 2.45) is 5.92 Å². The number of hydrogen-bond donors (Lipinski definition) is 2. The molecule has 4 rings (SSSR count). The Morgan fingerprint density at radius 1 is 1.23 bits per heavy atom. The minimum Gasteiger partial charge on any atom is -0.406 e. The number of nitriles is 1. The van der Waals surface area contributed by atoms with Crippen molar-refractivity contribution in [3.63, 3.8) is 0 Å². The van der Waals surface area contributed by atoms with Crippen LogP contribution in [-0.2, 0) is 11.3 Å². The fourth-order valence-electron chi connectivity index (χ4n) is 4.28. The second kappa shape index (κ2) is 10.4. The molecule has 1 atom stereocenters. The summed E-state index contributed by atoms with van der Waals surface area (Å²) in [5.41, 5.74) is 1.81. The molecule has 1 aliphatic heterocycles. The molecule has 184 valence electrons. The minimum absolute atomic E-state index is 0.0319. The lowest BCUT2D eigenvalue weighted by molar-refractivity contribution is -0.274. The molecule has 1 amide bonds. The number of ether oxygens (including phenoxy) is 2. The summed E-state index contributed by atoms with van der Waals surface area (Å²) >= 11 is 0. The van der Waals surface area contributed by atoms with E-state index in [0.29, 0.717) is 48.1 Å². The van der Waals surface area contributed by atoms with E-state index in [9.17, 15) is 28.3 Å². The third kappa shape index (κ3) is 6.12. The first-order valence-corrected chi connectivity index (χ1v) is 11.2. The van der Waals surface area contributed by atoms with Crippen molar-refractivity contribution in [3.05, 3.63) is 65.4 Å². The van der Waals surface area contributed by atoms with Crippen molar-refractivity contribution < 1.29 is 32.5 Å². The van der Waals surface area contributed by atoms with Crippen LogP contribution < -0.4 is 10.1 Å². The maximum Gasteiger partial charge on any atom is 0.573 e. The van der Waals surface area contributed by atoms with Crippen LogP contribution in [0.3, 0.4) is 0 Å². The van der Waals surface area contributed by atoms with E-state index in [1.165, 1.54) is 18.2 Å². The summed E-state index contributed by atoms with van der Waals surface area (Å²) in [4.78, 5) is 13.1. The molecule has 1 aromatic heterocycles. The highest BCUT2D eigenvalue weighted by Crippen LogP contribution is 2.27. The highest BCUT2D eigenvalue weighted by atomic mass is 19.4. The zero-order chi connectivity index (χ0) is 25.0. The van der Waals surface area contributed by atoms with Gasteiger partial charge in [-0.3, -0.25) is 4.79 Å². The molecule has 0 bridgehead atoms. The Morgan fingerprint density at radius 2 is 2.00 bits per heavy atom. The number of aromatic nitrogens is 1. The van der Waals surface area contributed by atoms with Crippen molar-refractivity contribution in [3.8, 4) is 11.8 Å². The summed E-state index contributed by atoms with van der Waals surface area (Å²) in [6.07, 6.45) is -4.11. The lowest BCUT2D eigenvalue weighted by atomic mass is 9.94. The fourth-order valence-corrected chi connectivity index (χ4v) is 4.28. The van der Waals surface area contributed by atoms with Gasteiger partial charge in [-0.25, -0.2) is 0 Å². The van der Waals surface area contributed by atoms with Crippen LogP contribution >= 0.6 is 0 Å². The number of aliphatic hydroxyl groups is 1. The highest BCUT2D eigenvalue weighted by molar-refractivity contribution is 5.99. The zero-order valence-corrected chi connectivity index (χ0v) is 18.7. The number of rotatable bonds is 7. The predicted molar refractivity (Wildman–Crippen MR) is 121 cm³/mol. The quantitative estimate of drug-likeness (QED) is 0.526. The van der Waals surface area contributed by atoms with E-state index in [1.54, 1.807) is 34.9 Å². The molecule has 0 aliphatic carbocycles. The Morgan fingerprint density at radius 3 is 2.71 bits per heavy atom. The van der Waals surface area contributed by atoms with Crippen molar-refractivity contribution in [1.29, 1.82) is 5.26 Å². The Bertz CT molecular complexity index is 1240. The molecule has 7 nitrogen and oxygen atoms in total. The first-order chi connectivity index (χ1) is 16.7. The van der Waals surface area contributed by atoms with Crippen molar-refractivity contribution >= 4 is 16.8 Å². The van der Waals surface area contributed by atoms with Gasteiger partial charge in [0.1, 0.15) is 11.4 Å². The van der Waals surface area contributed by atoms with Gasteiger partial charge < -0.3 is 24.5 Å². The van der Waals surface area contributed by atoms with E-state index >= 15 is 0 Å². The number of fused-ring (bicyclic) bond motifs is 1. The Labute approximate surface area is 199 Å². The van der Waals surface area contributed by atoms with Crippen LogP contribution in [0.5, 0.6) is 5.75 Å². The average molecular weight is 487 g/mol. The SMILES string of the molecule is N#Cc1ccc2c(c1)cc(C(=O)NCC(O)C1CCOCC1)n2Cc1cccc(OC(F)(F)F)c1. The van der Waals surface area contributed by atoms with Gasteiger partial charge in [0, 0.05) is 37.2 Å². The van der Waals surface area contributed by atoms with Gasteiger partial charge in [0.05, 0.1) is 17.7 Å². The summed E-state index contributed by atoms with van der Waals surface area (Å²) < 4.78 is 48.9. The number of carbonyl (C=O) groups excluding carboxylic acids is 1. The topological polar surface area (TPSA) is 96.5 Å². The number of amides is 1. The lowest BCUT2D eigenvalue weighted by Gasteiger charge is -2.26. The van der Waals surface area contributed by atoms with Crippen LogP contribution in [0.25, 0.3) is 10.9 Å². The smallest absolute Gasteiger partial charge is 0.406 e. The Hall–Kier alpha value is -3.55. The molecule has 1 saturated heterocycles. The van der Waals surface area contributed by atoms with E-state index in [4.69, 9.17) is 4.74 Å². The first-order valence-electron chi connectivity index (χ1n) is 11.2. The number of halogens is 3. The van der Waals surface area contributed by atoms with Gasteiger partial charge in [0.25, 0.3) is 5.91 Å². The van der Waals surface area contributed by atoms with E-state index in [-0.39, 0.29) is 30.5 Å². The summed E-state index contributed by atoms with van der Waals surface area (Å²) in [6, 6.07) is 14.2. The Kier molecular flexibility index (Phi) is 7.28. The second-order valence-electron chi connectivity index (χ2n) is 8.42. The minimum atomic E-state index is -4.82. The van der Waals surface area contributed by atoms with E-state index in [2.05, 4.69) is 16.1 Å². The number of hydrogen-bond acceptors (Lipinski definition) is 5. The van der Waals surface area contributed by atoms with E-state index < -0.39 is 18.4 Å². The van der Waals surface area contributed by atoms with Crippen LogP contribution in [0, 0.1) is 17.2 Å². The van der Waals surface area contributed by atoms with E-state index in [0.717, 1.165) is 0 Å². The molecule has 0 radical (unpaired) electrons. The number of nitrogens with one attached hydrogen (secondary N) is 1. The van der Waals surface area contributed by atoms with Crippen molar-refractivity contribution in [2.45, 2.75) is 31.9 Å². The molecule has 0 spiro atoms. The average Bonchev–Trinajstić information content (AvgIpc) is 3.19. The summed E-state index contributed by atoms with van der Waals surface area (Å²) in [5.74, 6) is -0.762. The van der Waals surface area contributed by atoms with Gasteiger partial charge in [-0.05, 0) is 60.7 Å². The number of benzene rings is 2. The van der Waals surface area contributed by atoms with Gasteiger partial charge in [0.15, 0.2) is 0 Å². The molecular formula is C25H24F3N3O4. The zero-order valence-electron chi connectivity index (χ0n) is 18.7. The second-order valence-corrected chi connectivity index (χ2v) is 8.42. The third-order valence-electron chi connectivity index (χ3n) is 6.02. The van der Waals surface area contributed by atoms with Crippen molar-refractivity contribution in [2.75, 3.05) is 19.8 Å².